The second-order valence-electron chi connectivity index (χ2n) is 4.89. The van der Waals surface area contributed by atoms with Crippen molar-refractivity contribution in [2.45, 2.75) is 12.8 Å². The molecule has 0 radical (unpaired) electrons. The lowest BCUT2D eigenvalue weighted by molar-refractivity contribution is 0.354. The third kappa shape index (κ3) is 4.23. The van der Waals surface area contributed by atoms with Gasteiger partial charge in [0, 0.05) is 31.9 Å². The van der Waals surface area contributed by atoms with Gasteiger partial charge in [0.15, 0.2) is 11.5 Å². The van der Waals surface area contributed by atoms with Gasteiger partial charge in [-0.3, -0.25) is 4.68 Å². The number of hydrogen-bond acceptors (Lipinski definition) is 4. The number of aromatic nitrogens is 2. The molecule has 0 unspecified atom stereocenters. The third-order valence-electron chi connectivity index (χ3n) is 3.52. The van der Waals surface area contributed by atoms with Crippen LogP contribution in [-0.4, -0.2) is 37.1 Å². The van der Waals surface area contributed by atoms with Crippen LogP contribution < -0.4 is 14.8 Å². The average Bonchev–Trinajstić information content (AvgIpc) is 2.92. The molecule has 21 heavy (non-hydrogen) atoms. The predicted octanol–water partition coefficient (Wildman–Crippen LogP) is 1.81. The molecule has 0 aliphatic carbocycles. The Kier molecular flexibility index (Phi) is 5.63. The van der Waals surface area contributed by atoms with Crippen molar-refractivity contribution in [3.8, 4) is 11.5 Å². The van der Waals surface area contributed by atoms with E-state index in [1.807, 2.05) is 30.1 Å². The summed E-state index contributed by atoms with van der Waals surface area (Å²) in [5.74, 6) is 1.55. The van der Waals surface area contributed by atoms with Crippen molar-refractivity contribution in [3.05, 3.63) is 41.7 Å². The summed E-state index contributed by atoms with van der Waals surface area (Å²) in [5.41, 5.74) is 2.48. The van der Waals surface area contributed by atoms with E-state index in [1.165, 1.54) is 11.3 Å². The zero-order valence-electron chi connectivity index (χ0n) is 12.9. The molecule has 5 nitrogen and oxygen atoms in total. The Morgan fingerprint density at radius 2 is 1.81 bits per heavy atom. The highest BCUT2D eigenvalue weighted by Crippen LogP contribution is 2.27. The highest BCUT2D eigenvalue weighted by molar-refractivity contribution is 5.42. The Balaban J connectivity index is 1.74. The highest BCUT2D eigenvalue weighted by atomic mass is 16.5. The molecule has 1 heterocycles. The first-order chi connectivity index (χ1) is 10.2. The van der Waals surface area contributed by atoms with Crippen LogP contribution >= 0.6 is 0 Å². The predicted molar refractivity (Wildman–Crippen MR) is 83.0 cm³/mol. The van der Waals surface area contributed by atoms with Gasteiger partial charge >= 0.3 is 0 Å². The van der Waals surface area contributed by atoms with Crippen molar-refractivity contribution in [2.24, 2.45) is 7.05 Å². The maximum atomic E-state index is 5.31. The number of hydrogen-bond donors (Lipinski definition) is 1. The first-order valence-electron chi connectivity index (χ1n) is 7.13. The molecule has 5 heteroatoms. The molecule has 1 aromatic carbocycles. The van der Waals surface area contributed by atoms with Gasteiger partial charge < -0.3 is 14.8 Å². The van der Waals surface area contributed by atoms with Crippen LogP contribution in [0.2, 0.25) is 0 Å². The first kappa shape index (κ1) is 15.4. The van der Waals surface area contributed by atoms with Crippen molar-refractivity contribution in [2.75, 3.05) is 27.3 Å². The minimum atomic E-state index is 0.769. The first-order valence-corrected chi connectivity index (χ1v) is 7.13. The maximum Gasteiger partial charge on any atom is 0.160 e. The molecule has 0 fully saturated rings. The molecule has 0 aliphatic rings. The molecule has 1 aromatic heterocycles. The zero-order chi connectivity index (χ0) is 15.1. The lowest BCUT2D eigenvalue weighted by Gasteiger charge is -2.10. The van der Waals surface area contributed by atoms with Gasteiger partial charge in [0.1, 0.15) is 0 Å². The molecule has 0 bridgehead atoms. The van der Waals surface area contributed by atoms with Crippen molar-refractivity contribution >= 4 is 0 Å². The van der Waals surface area contributed by atoms with E-state index in [1.54, 1.807) is 14.2 Å². The molecular weight excluding hydrogens is 266 g/mol. The van der Waals surface area contributed by atoms with Crippen molar-refractivity contribution in [3.63, 3.8) is 0 Å². The van der Waals surface area contributed by atoms with Gasteiger partial charge in [-0.1, -0.05) is 6.07 Å². The zero-order valence-corrected chi connectivity index (χ0v) is 12.9. The van der Waals surface area contributed by atoms with Crippen LogP contribution in [0.25, 0.3) is 0 Å². The Morgan fingerprint density at radius 3 is 2.48 bits per heavy atom. The molecule has 0 spiro atoms. The van der Waals surface area contributed by atoms with Crippen LogP contribution in [0.1, 0.15) is 11.3 Å². The number of ether oxygens (including phenoxy) is 2. The van der Waals surface area contributed by atoms with Crippen molar-refractivity contribution < 1.29 is 9.47 Å². The number of nitrogens with one attached hydrogen (secondary N) is 1. The van der Waals surface area contributed by atoms with E-state index in [4.69, 9.17) is 9.47 Å². The number of methoxy groups -OCH3 is 2. The van der Waals surface area contributed by atoms with Gasteiger partial charge in [-0.2, -0.15) is 5.10 Å². The summed E-state index contributed by atoms with van der Waals surface area (Å²) in [6.45, 7) is 1.89. The fourth-order valence-corrected chi connectivity index (χ4v) is 2.26. The van der Waals surface area contributed by atoms with E-state index in [9.17, 15) is 0 Å². The summed E-state index contributed by atoms with van der Waals surface area (Å²) in [5, 5.41) is 7.61. The van der Waals surface area contributed by atoms with Crippen LogP contribution in [-0.2, 0) is 19.9 Å². The van der Waals surface area contributed by atoms with Crippen molar-refractivity contribution in [1.82, 2.24) is 15.1 Å². The van der Waals surface area contributed by atoms with Gasteiger partial charge in [-0.15, -0.1) is 0 Å². The van der Waals surface area contributed by atoms with E-state index < -0.39 is 0 Å². The molecule has 2 aromatic rings. The average molecular weight is 289 g/mol. The standard InChI is InChI=1S/C16H23N3O2/c1-19-14(8-11-18-19)7-10-17-9-6-13-4-5-15(20-2)16(12-13)21-3/h4-5,8,11-12,17H,6-7,9-10H2,1-3H3. The fraction of sp³-hybridized carbons (Fsp3) is 0.438. The van der Waals surface area contributed by atoms with Crippen LogP contribution in [0.5, 0.6) is 11.5 Å². The second kappa shape index (κ2) is 7.69. The second-order valence-corrected chi connectivity index (χ2v) is 4.89. The number of benzene rings is 1. The van der Waals surface area contributed by atoms with Gasteiger partial charge in [-0.25, -0.2) is 0 Å². The summed E-state index contributed by atoms with van der Waals surface area (Å²) >= 11 is 0. The molecule has 0 amide bonds. The van der Waals surface area contributed by atoms with Gasteiger partial charge in [0.2, 0.25) is 0 Å². The third-order valence-corrected chi connectivity index (χ3v) is 3.52. The van der Waals surface area contributed by atoms with E-state index in [0.29, 0.717) is 0 Å². The fourth-order valence-electron chi connectivity index (χ4n) is 2.26. The van der Waals surface area contributed by atoms with Gasteiger partial charge in [0.25, 0.3) is 0 Å². The van der Waals surface area contributed by atoms with Crippen LogP contribution in [0, 0.1) is 0 Å². The summed E-state index contributed by atoms with van der Waals surface area (Å²) < 4.78 is 12.5. The molecule has 2 rings (SSSR count). The van der Waals surface area contributed by atoms with Crippen LogP contribution in [0.4, 0.5) is 0 Å². The largest absolute Gasteiger partial charge is 0.493 e. The molecule has 0 atom stereocenters. The quantitative estimate of drug-likeness (QED) is 0.753. The number of aryl methyl sites for hydroxylation is 1. The number of rotatable bonds is 8. The lowest BCUT2D eigenvalue weighted by Crippen LogP contribution is -2.21. The Morgan fingerprint density at radius 1 is 1.05 bits per heavy atom. The van der Waals surface area contributed by atoms with Gasteiger partial charge in [0.05, 0.1) is 14.2 Å². The molecule has 0 saturated carbocycles. The van der Waals surface area contributed by atoms with E-state index in [0.717, 1.165) is 37.4 Å². The Labute approximate surface area is 125 Å². The van der Waals surface area contributed by atoms with E-state index in [-0.39, 0.29) is 0 Å². The van der Waals surface area contributed by atoms with Gasteiger partial charge in [-0.05, 0) is 36.7 Å². The smallest absolute Gasteiger partial charge is 0.160 e. The molecule has 0 aliphatic heterocycles. The summed E-state index contributed by atoms with van der Waals surface area (Å²) in [7, 11) is 5.28. The normalized spacial score (nSPS) is 10.6. The van der Waals surface area contributed by atoms with Crippen molar-refractivity contribution in [1.29, 1.82) is 0 Å². The van der Waals surface area contributed by atoms with E-state index >= 15 is 0 Å². The minimum absolute atomic E-state index is 0.769. The Bertz CT molecular complexity index is 566. The monoisotopic (exact) mass is 289 g/mol. The maximum absolute atomic E-state index is 5.31. The summed E-state index contributed by atoms with van der Waals surface area (Å²) in [4.78, 5) is 0. The van der Waals surface area contributed by atoms with Crippen LogP contribution in [0.15, 0.2) is 30.5 Å². The van der Waals surface area contributed by atoms with E-state index in [2.05, 4.69) is 22.5 Å². The minimum Gasteiger partial charge on any atom is -0.493 e. The molecule has 1 N–H and O–H groups in total. The molecule has 0 saturated heterocycles. The SMILES string of the molecule is COc1ccc(CCNCCc2ccnn2C)cc1OC. The Hall–Kier alpha value is -2.01. The lowest BCUT2D eigenvalue weighted by atomic mass is 10.1. The molecular formula is C16H23N3O2. The topological polar surface area (TPSA) is 48.3 Å². The molecule has 114 valence electrons. The number of nitrogens with zero attached hydrogens (tertiary/aromatic N) is 2. The highest BCUT2D eigenvalue weighted by Gasteiger charge is 2.04. The summed E-state index contributed by atoms with van der Waals surface area (Å²) in [6, 6.07) is 8.10. The summed E-state index contributed by atoms with van der Waals surface area (Å²) in [6.07, 6.45) is 3.78. The van der Waals surface area contributed by atoms with Crippen LogP contribution in [0.3, 0.4) is 0 Å².